The van der Waals surface area contributed by atoms with Gasteiger partial charge in [0.15, 0.2) is 6.29 Å². The molecule has 1 aliphatic heterocycles. The van der Waals surface area contributed by atoms with Crippen LogP contribution in [0.25, 0.3) is 0 Å². The molecule has 0 spiro atoms. The van der Waals surface area contributed by atoms with Crippen molar-refractivity contribution in [3.05, 3.63) is 18.0 Å². The minimum Gasteiger partial charge on any atom is -0.480 e. The Morgan fingerprint density at radius 1 is 0.909 bits per heavy atom. The molecular weight excluding hydrogens is 558 g/mol. The molecule has 1 amide bonds. The lowest BCUT2D eigenvalue weighted by Crippen LogP contribution is -2.45. The number of aliphatic carboxylic acids is 1. The Bertz CT molecular complexity index is 986. The highest BCUT2D eigenvalue weighted by molar-refractivity contribution is 5.92. The van der Waals surface area contributed by atoms with E-state index in [2.05, 4.69) is 39.5 Å². The topological polar surface area (TPSA) is 126 Å². The number of hydroxylamine groups is 1. The van der Waals surface area contributed by atoms with E-state index in [1.54, 1.807) is 19.3 Å². The molecule has 4 rings (SSSR count). The smallest absolute Gasteiger partial charge is 0.320 e. The molecule has 2 saturated carbocycles. The number of aromatic nitrogens is 2. The molecule has 2 atom stereocenters. The molecule has 3 aliphatic rings. The number of carboxylic acid groups (broad SMARTS) is 1. The van der Waals surface area contributed by atoms with Crippen LogP contribution in [-0.4, -0.2) is 65.5 Å². The van der Waals surface area contributed by atoms with Gasteiger partial charge in [-0.1, -0.05) is 65.2 Å². The molecule has 3 N–H and O–H groups in total. The van der Waals surface area contributed by atoms with Gasteiger partial charge in [-0.25, -0.2) is 20.3 Å². The summed E-state index contributed by atoms with van der Waals surface area (Å²) in [5, 5.41) is 13.2. The first-order chi connectivity index (χ1) is 21.3. The number of carboxylic acids is 1. The zero-order valence-electron chi connectivity index (χ0n) is 27.3. The van der Waals surface area contributed by atoms with Gasteiger partial charge in [0.1, 0.15) is 6.04 Å². The van der Waals surface area contributed by atoms with Crippen LogP contribution in [-0.2, 0) is 14.4 Å². The molecule has 2 heterocycles. The number of nitrogens with one attached hydrogen (secondary N) is 2. The predicted molar refractivity (Wildman–Crippen MR) is 171 cm³/mol. The van der Waals surface area contributed by atoms with E-state index in [-0.39, 0.29) is 11.9 Å². The number of hydrogen-bond acceptors (Lipinski definition) is 8. The van der Waals surface area contributed by atoms with E-state index < -0.39 is 12.3 Å². The molecule has 1 aromatic heterocycles. The number of anilines is 1. The van der Waals surface area contributed by atoms with Gasteiger partial charge in [-0.15, -0.1) is 0 Å². The normalized spacial score (nSPS) is 23.4. The molecule has 10 nitrogen and oxygen atoms in total. The number of hydrogen-bond donors (Lipinski definition) is 3. The fraction of sp³-hybridized carbons (Fsp3) is 0.824. The number of ether oxygens (including phenoxy) is 1. The predicted octanol–water partition coefficient (Wildman–Crippen LogP) is 5.97. The summed E-state index contributed by atoms with van der Waals surface area (Å²) in [4.78, 5) is 40.6. The minimum atomic E-state index is -0.661. The monoisotopic (exact) mass is 615 g/mol. The maximum atomic E-state index is 12.4. The standard InChI is InChI=1S/C34H57N5O5/c1-24(2)23-43-25(3)44-38-32(40)30-21-36-34(37-22-30)39-18-16-27(17-19-39)9-7-8-26-12-14-28(15-13-26)20-35-31(33(41)42)29-10-5-4-6-11-29/h21-22,24-29,31,35H,4-20,23H2,1-3H3,(H,38,40)(H,41,42)/t25?,26?,28?,31-/m0/s1. The number of amides is 1. The van der Waals surface area contributed by atoms with Crippen LogP contribution in [0.3, 0.4) is 0 Å². The van der Waals surface area contributed by atoms with E-state index in [0.29, 0.717) is 35.9 Å². The second-order valence-corrected chi connectivity index (χ2v) is 14.0. The molecule has 1 unspecified atom stereocenters. The summed E-state index contributed by atoms with van der Waals surface area (Å²) in [5.41, 5.74) is 2.77. The molecule has 0 radical (unpaired) electrons. The van der Waals surface area contributed by atoms with Gasteiger partial charge in [0.25, 0.3) is 5.91 Å². The van der Waals surface area contributed by atoms with Gasteiger partial charge in [0, 0.05) is 25.5 Å². The van der Waals surface area contributed by atoms with Crippen LogP contribution in [0.2, 0.25) is 0 Å². The summed E-state index contributed by atoms with van der Waals surface area (Å²) in [6.07, 6.45) is 19.5. The second kappa shape index (κ2) is 18.0. The number of piperidine rings is 1. The van der Waals surface area contributed by atoms with E-state index >= 15 is 0 Å². The van der Waals surface area contributed by atoms with Crippen LogP contribution in [0.1, 0.15) is 121 Å². The van der Waals surface area contributed by atoms with Gasteiger partial charge in [-0.05, 0) is 81.6 Å². The van der Waals surface area contributed by atoms with Gasteiger partial charge in [-0.2, -0.15) is 0 Å². The van der Waals surface area contributed by atoms with E-state index in [4.69, 9.17) is 9.57 Å². The molecule has 44 heavy (non-hydrogen) atoms. The number of carbonyl (C=O) groups excluding carboxylic acids is 1. The van der Waals surface area contributed by atoms with E-state index in [1.807, 2.05) is 0 Å². The summed E-state index contributed by atoms with van der Waals surface area (Å²) in [5.74, 6) is 2.52. The molecular formula is C34H57N5O5. The maximum Gasteiger partial charge on any atom is 0.320 e. The second-order valence-electron chi connectivity index (χ2n) is 14.0. The van der Waals surface area contributed by atoms with Crippen LogP contribution in [0.5, 0.6) is 0 Å². The van der Waals surface area contributed by atoms with Gasteiger partial charge in [-0.3, -0.25) is 9.59 Å². The van der Waals surface area contributed by atoms with Crippen LogP contribution >= 0.6 is 0 Å². The lowest BCUT2D eigenvalue weighted by molar-refractivity contribution is -0.163. The summed E-state index contributed by atoms with van der Waals surface area (Å²) < 4.78 is 5.50. The van der Waals surface area contributed by atoms with E-state index in [0.717, 1.165) is 57.2 Å². The average molecular weight is 616 g/mol. The van der Waals surface area contributed by atoms with Crippen molar-refractivity contribution in [3.8, 4) is 0 Å². The van der Waals surface area contributed by atoms with Gasteiger partial charge < -0.3 is 20.1 Å². The number of nitrogens with zero attached hydrogens (tertiary/aromatic N) is 3. The van der Waals surface area contributed by atoms with Crippen LogP contribution in [0, 0.1) is 29.6 Å². The number of rotatable bonds is 16. The Morgan fingerprint density at radius 3 is 2.14 bits per heavy atom. The van der Waals surface area contributed by atoms with Crippen molar-refractivity contribution in [2.45, 2.75) is 123 Å². The van der Waals surface area contributed by atoms with Crippen LogP contribution in [0.4, 0.5) is 5.95 Å². The molecule has 248 valence electrons. The highest BCUT2D eigenvalue weighted by atomic mass is 16.8. The van der Waals surface area contributed by atoms with Crippen molar-refractivity contribution in [2.24, 2.45) is 29.6 Å². The Balaban J connectivity index is 1.07. The highest BCUT2D eigenvalue weighted by Crippen LogP contribution is 2.34. The fourth-order valence-electron chi connectivity index (χ4n) is 7.22. The van der Waals surface area contributed by atoms with Crippen molar-refractivity contribution < 1.29 is 24.3 Å². The lowest BCUT2D eigenvalue weighted by atomic mass is 9.78. The molecule has 3 fully saturated rings. The molecule has 10 heteroatoms. The first kappa shape index (κ1) is 34.6. The lowest BCUT2D eigenvalue weighted by Gasteiger charge is -2.33. The van der Waals surface area contributed by atoms with E-state index in [9.17, 15) is 14.7 Å². The Labute approximate surface area is 264 Å². The van der Waals surface area contributed by atoms with Crippen molar-refractivity contribution in [2.75, 3.05) is 31.1 Å². The fourth-order valence-corrected chi connectivity index (χ4v) is 7.22. The zero-order chi connectivity index (χ0) is 31.3. The largest absolute Gasteiger partial charge is 0.480 e. The van der Waals surface area contributed by atoms with Gasteiger partial charge in [0.2, 0.25) is 5.95 Å². The minimum absolute atomic E-state index is 0.306. The molecule has 2 aliphatic carbocycles. The van der Waals surface area contributed by atoms with Crippen molar-refractivity contribution in [1.29, 1.82) is 0 Å². The molecule has 1 saturated heterocycles. The zero-order valence-corrected chi connectivity index (χ0v) is 27.3. The highest BCUT2D eigenvalue weighted by Gasteiger charge is 2.30. The Kier molecular flexibility index (Phi) is 14.1. The molecule has 0 bridgehead atoms. The third-order valence-corrected chi connectivity index (χ3v) is 9.98. The summed E-state index contributed by atoms with van der Waals surface area (Å²) in [6.45, 7) is 9.16. The Morgan fingerprint density at radius 2 is 1.52 bits per heavy atom. The quantitative estimate of drug-likeness (QED) is 0.152. The van der Waals surface area contributed by atoms with E-state index in [1.165, 1.54) is 64.2 Å². The van der Waals surface area contributed by atoms with Crippen molar-refractivity contribution >= 4 is 17.8 Å². The van der Waals surface area contributed by atoms with Crippen LogP contribution < -0.4 is 15.7 Å². The Hall–Kier alpha value is -2.30. The third-order valence-electron chi connectivity index (χ3n) is 9.98. The maximum absolute atomic E-state index is 12.4. The summed E-state index contributed by atoms with van der Waals surface area (Å²) in [7, 11) is 0. The van der Waals surface area contributed by atoms with Gasteiger partial charge in [0.05, 0.1) is 12.2 Å². The number of carbonyl (C=O) groups is 2. The molecule has 0 aromatic carbocycles. The first-order valence-electron chi connectivity index (χ1n) is 17.4. The van der Waals surface area contributed by atoms with Crippen molar-refractivity contribution in [1.82, 2.24) is 20.8 Å². The first-order valence-corrected chi connectivity index (χ1v) is 17.4. The summed E-state index contributed by atoms with van der Waals surface area (Å²) >= 11 is 0. The summed E-state index contributed by atoms with van der Waals surface area (Å²) in [6, 6.07) is -0.360. The third kappa shape index (κ3) is 11.2. The average Bonchev–Trinajstić information content (AvgIpc) is 3.04. The molecule has 1 aromatic rings. The van der Waals surface area contributed by atoms with Gasteiger partial charge >= 0.3 is 5.97 Å². The van der Waals surface area contributed by atoms with Crippen LogP contribution in [0.15, 0.2) is 12.4 Å². The SMILES string of the molecule is CC(C)COC(C)ONC(=O)c1cnc(N2CCC(CCCC3CCC(CN[C@H](C(=O)O)C4CCCCC4)CC3)CC2)nc1. The van der Waals surface area contributed by atoms with Crippen molar-refractivity contribution in [3.63, 3.8) is 0 Å².